The van der Waals surface area contributed by atoms with Crippen molar-refractivity contribution in [2.45, 2.75) is 32.9 Å². The summed E-state index contributed by atoms with van der Waals surface area (Å²) in [5.74, 6) is 0. The van der Waals surface area contributed by atoms with E-state index < -0.39 is 0 Å². The van der Waals surface area contributed by atoms with Crippen LogP contribution in [0.4, 0.5) is 4.79 Å². The number of hydrogen-bond donors (Lipinski definition) is 1. The van der Waals surface area contributed by atoms with Crippen LogP contribution in [0.15, 0.2) is 28.9 Å². The molecule has 0 aliphatic carbocycles. The number of aromatic nitrogens is 2. The van der Waals surface area contributed by atoms with Gasteiger partial charge in [0.05, 0.1) is 19.7 Å². The molecule has 1 aromatic carbocycles. The maximum absolute atomic E-state index is 12.4. The number of rotatable bonds is 4. The predicted octanol–water partition coefficient (Wildman–Crippen LogP) is 2.22. The lowest BCUT2D eigenvalue weighted by Gasteiger charge is -2.33. The highest BCUT2D eigenvalue weighted by atomic mass is 16.6. The zero-order valence-electron chi connectivity index (χ0n) is 14.0. The van der Waals surface area contributed by atoms with Crippen molar-refractivity contribution in [3.05, 3.63) is 46.8 Å². The van der Waals surface area contributed by atoms with Gasteiger partial charge in [0, 0.05) is 6.54 Å². The predicted molar refractivity (Wildman–Crippen MR) is 87.4 cm³/mol. The smallest absolute Gasteiger partial charge is 0.317 e. The van der Waals surface area contributed by atoms with Gasteiger partial charge in [-0.25, -0.2) is 9.42 Å². The second-order valence-electron chi connectivity index (χ2n) is 5.86. The van der Waals surface area contributed by atoms with E-state index in [0.29, 0.717) is 37.6 Å². The molecule has 0 radical (unpaired) electrons. The van der Waals surface area contributed by atoms with Crippen LogP contribution < -0.4 is 5.32 Å². The third-order valence-corrected chi connectivity index (χ3v) is 4.27. The Kier molecular flexibility index (Phi) is 5.10. The fraction of sp³-hybridized carbons (Fsp3) is 0.471. The molecule has 1 atom stereocenters. The lowest BCUT2D eigenvalue weighted by molar-refractivity contribution is -0.0155. The van der Waals surface area contributed by atoms with Gasteiger partial charge in [-0.15, -0.1) is 0 Å². The molecule has 7 heteroatoms. The van der Waals surface area contributed by atoms with E-state index in [-0.39, 0.29) is 12.1 Å². The van der Waals surface area contributed by atoms with Crippen molar-refractivity contribution >= 4 is 6.03 Å². The number of benzene rings is 1. The molecule has 24 heavy (non-hydrogen) atoms. The van der Waals surface area contributed by atoms with Gasteiger partial charge in [0.15, 0.2) is 0 Å². The van der Waals surface area contributed by atoms with E-state index >= 15 is 0 Å². The summed E-state index contributed by atoms with van der Waals surface area (Å²) in [6.45, 7) is 5.87. The van der Waals surface area contributed by atoms with Crippen LogP contribution in [0.2, 0.25) is 0 Å². The first kappa shape index (κ1) is 16.4. The third-order valence-electron chi connectivity index (χ3n) is 4.27. The Labute approximate surface area is 140 Å². The number of carbonyl (C=O) groups is 1. The average Bonchev–Trinajstić information content (AvgIpc) is 3.05. The van der Waals surface area contributed by atoms with Gasteiger partial charge in [0.1, 0.15) is 17.5 Å². The molecule has 2 aromatic rings. The highest BCUT2D eigenvalue weighted by Crippen LogP contribution is 2.22. The van der Waals surface area contributed by atoms with E-state index in [1.807, 2.05) is 0 Å². The molecule has 1 unspecified atom stereocenters. The second kappa shape index (κ2) is 7.44. The van der Waals surface area contributed by atoms with Crippen molar-refractivity contribution < 1.29 is 14.2 Å². The maximum Gasteiger partial charge on any atom is 0.317 e. The first-order valence-corrected chi connectivity index (χ1v) is 8.18. The molecule has 3 rings (SSSR count). The standard InChI is InChI=1S/C17H22N4O3/c1-3-13-4-6-14(7-5-13)16-11-21(8-9-23-16)17(22)18-10-15-12(2)19-24-20-15/h4-7,16H,3,8-11H2,1-2H3,(H,18,22). The minimum atomic E-state index is -0.129. The summed E-state index contributed by atoms with van der Waals surface area (Å²) in [5, 5.41) is 10.3. The summed E-state index contributed by atoms with van der Waals surface area (Å²) < 4.78 is 10.5. The van der Waals surface area contributed by atoms with E-state index in [4.69, 9.17) is 4.74 Å². The van der Waals surface area contributed by atoms with Crippen molar-refractivity contribution in [2.24, 2.45) is 0 Å². The molecule has 1 aliphatic heterocycles. The quantitative estimate of drug-likeness (QED) is 0.930. The SMILES string of the molecule is CCc1ccc(C2CN(C(=O)NCc3nonc3C)CCO2)cc1. The first-order valence-electron chi connectivity index (χ1n) is 8.18. The van der Waals surface area contributed by atoms with Crippen LogP contribution >= 0.6 is 0 Å². The number of urea groups is 1. The van der Waals surface area contributed by atoms with Crippen LogP contribution in [0.5, 0.6) is 0 Å². The van der Waals surface area contributed by atoms with Gasteiger partial charge in [-0.3, -0.25) is 0 Å². The summed E-state index contributed by atoms with van der Waals surface area (Å²) in [4.78, 5) is 14.1. The number of hydrogen-bond acceptors (Lipinski definition) is 5. The van der Waals surface area contributed by atoms with E-state index in [2.05, 4.69) is 51.4 Å². The van der Waals surface area contributed by atoms with E-state index in [1.54, 1.807) is 11.8 Å². The molecule has 2 heterocycles. The molecule has 7 nitrogen and oxygen atoms in total. The van der Waals surface area contributed by atoms with Crippen LogP contribution in [0.1, 0.15) is 35.5 Å². The molecule has 2 amide bonds. The zero-order chi connectivity index (χ0) is 16.9. The Morgan fingerprint density at radius 2 is 2.12 bits per heavy atom. The lowest BCUT2D eigenvalue weighted by atomic mass is 10.0. The zero-order valence-corrected chi connectivity index (χ0v) is 14.0. The summed E-state index contributed by atoms with van der Waals surface area (Å²) in [7, 11) is 0. The average molecular weight is 330 g/mol. The van der Waals surface area contributed by atoms with Crippen molar-refractivity contribution in [2.75, 3.05) is 19.7 Å². The van der Waals surface area contributed by atoms with Crippen molar-refractivity contribution in [1.82, 2.24) is 20.5 Å². The highest BCUT2D eigenvalue weighted by Gasteiger charge is 2.25. The molecule has 0 saturated carbocycles. The van der Waals surface area contributed by atoms with Crippen LogP contribution in [-0.4, -0.2) is 40.9 Å². The fourth-order valence-corrected chi connectivity index (χ4v) is 2.68. The number of ether oxygens (including phenoxy) is 1. The van der Waals surface area contributed by atoms with E-state index in [0.717, 1.165) is 12.0 Å². The summed E-state index contributed by atoms with van der Waals surface area (Å²) >= 11 is 0. The first-order chi connectivity index (χ1) is 11.7. The summed E-state index contributed by atoms with van der Waals surface area (Å²) in [6.07, 6.45) is 0.919. The minimum Gasteiger partial charge on any atom is -0.370 e. The summed E-state index contributed by atoms with van der Waals surface area (Å²) in [5.41, 5.74) is 3.72. The van der Waals surface area contributed by atoms with Crippen LogP contribution in [-0.2, 0) is 17.7 Å². The van der Waals surface area contributed by atoms with Crippen molar-refractivity contribution in [1.29, 1.82) is 0 Å². The molecule has 1 N–H and O–H groups in total. The molecular weight excluding hydrogens is 308 g/mol. The Morgan fingerprint density at radius 3 is 2.79 bits per heavy atom. The Morgan fingerprint density at radius 1 is 1.33 bits per heavy atom. The van der Waals surface area contributed by atoms with Gasteiger partial charge < -0.3 is 15.0 Å². The molecule has 1 aliphatic rings. The fourth-order valence-electron chi connectivity index (χ4n) is 2.68. The lowest BCUT2D eigenvalue weighted by Crippen LogP contribution is -2.47. The van der Waals surface area contributed by atoms with E-state index in [9.17, 15) is 4.79 Å². The number of amides is 2. The number of carbonyl (C=O) groups excluding carboxylic acids is 1. The number of morpholine rings is 1. The van der Waals surface area contributed by atoms with E-state index in [1.165, 1.54) is 5.56 Å². The molecule has 0 spiro atoms. The van der Waals surface area contributed by atoms with Crippen LogP contribution in [0.25, 0.3) is 0 Å². The van der Waals surface area contributed by atoms with Crippen molar-refractivity contribution in [3.63, 3.8) is 0 Å². The number of aryl methyl sites for hydroxylation is 2. The van der Waals surface area contributed by atoms with Gasteiger partial charge in [0.25, 0.3) is 0 Å². The minimum absolute atomic E-state index is 0.0918. The van der Waals surface area contributed by atoms with Crippen molar-refractivity contribution in [3.8, 4) is 0 Å². The molecule has 128 valence electrons. The maximum atomic E-state index is 12.4. The second-order valence-corrected chi connectivity index (χ2v) is 5.86. The number of nitrogens with zero attached hydrogens (tertiary/aromatic N) is 3. The van der Waals surface area contributed by atoms with Crippen LogP contribution in [0.3, 0.4) is 0 Å². The Bertz CT molecular complexity index is 683. The Balaban J connectivity index is 1.58. The van der Waals surface area contributed by atoms with Gasteiger partial charge in [-0.2, -0.15) is 0 Å². The monoisotopic (exact) mass is 330 g/mol. The molecule has 1 saturated heterocycles. The highest BCUT2D eigenvalue weighted by molar-refractivity contribution is 5.74. The molecule has 1 fully saturated rings. The summed E-state index contributed by atoms with van der Waals surface area (Å²) in [6, 6.07) is 8.25. The normalized spacial score (nSPS) is 17.8. The van der Waals surface area contributed by atoms with Gasteiger partial charge >= 0.3 is 6.03 Å². The van der Waals surface area contributed by atoms with Gasteiger partial charge in [0.2, 0.25) is 0 Å². The van der Waals surface area contributed by atoms with Crippen LogP contribution in [0, 0.1) is 6.92 Å². The Hall–Kier alpha value is -2.41. The van der Waals surface area contributed by atoms with Gasteiger partial charge in [-0.1, -0.05) is 41.5 Å². The molecule has 0 bridgehead atoms. The topological polar surface area (TPSA) is 80.5 Å². The number of nitrogens with one attached hydrogen (secondary N) is 1. The van der Waals surface area contributed by atoms with Gasteiger partial charge in [-0.05, 0) is 24.5 Å². The molecule has 1 aromatic heterocycles. The third kappa shape index (κ3) is 3.73. The largest absolute Gasteiger partial charge is 0.370 e. The molecular formula is C17H22N4O3.